The SMILES string of the molecule is Cc1cc(Cl)ccc1NC(=O)NCC1(O)CCOCC1. The maximum atomic E-state index is 11.8. The first-order valence-electron chi connectivity index (χ1n) is 6.60. The second kappa shape index (κ2) is 6.43. The molecule has 0 aliphatic carbocycles. The molecule has 1 aliphatic heterocycles. The zero-order valence-corrected chi connectivity index (χ0v) is 12.2. The quantitative estimate of drug-likeness (QED) is 0.802. The van der Waals surface area contributed by atoms with Crippen LogP contribution in [0.2, 0.25) is 5.02 Å². The van der Waals surface area contributed by atoms with E-state index in [9.17, 15) is 9.90 Å². The summed E-state index contributed by atoms with van der Waals surface area (Å²) in [5.41, 5.74) is 0.716. The van der Waals surface area contributed by atoms with E-state index in [1.54, 1.807) is 18.2 Å². The molecule has 0 unspecified atom stereocenters. The molecule has 20 heavy (non-hydrogen) atoms. The highest BCUT2D eigenvalue weighted by atomic mass is 35.5. The molecule has 1 saturated heterocycles. The highest BCUT2D eigenvalue weighted by molar-refractivity contribution is 6.30. The topological polar surface area (TPSA) is 70.6 Å². The lowest BCUT2D eigenvalue weighted by molar-refractivity contribution is -0.0598. The standard InChI is InChI=1S/C14H19ClN2O3/c1-10-8-11(15)2-3-12(10)17-13(18)16-9-14(19)4-6-20-7-5-14/h2-3,8,19H,4-7,9H2,1H3,(H2,16,17,18). The number of ether oxygens (including phenoxy) is 1. The fraction of sp³-hybridized carbons (Fsp3) is 0.500. The average Bonchev–Trinajstić information content (AvgIpc) is 2.41. The summed E-state index contributed by atoms with van der Waals surface area (Å²) in [5, 5.41) is 16.3. The van der Waals surface area contributed by atoms with E-state index in [-0.39, 0.29) is 12.6 Å². The van der Waals surface area contributed by atoms with Crippen molar-refractivity contribution in [1.29, 1.82) is 0 Å². The van der Waals surface area contributed by atoms with E-state index in [1.807, 2.05) is 6.92 Å². The maximum Gasteiger partial charge on any atom is 0.319 e. The number of hydrogen-bond acceptors (Lipinski definition) is 3. The third-order valence-corrected chi connectivity index (χ3v) is 3.67. The molecule has 110 valence electrons. The summed E-state index contributed by atoms with van der Waals surface area (Å²) in [6, 6.07) is 4.91. The fourth-order valence-corrected chi connectivity index (χ4v) is 2.33. The van der Waals surface area contributed by atoms with Gasteiger partial charge < -0.3 is 20.5 Å². The summed E-state index contributed by atoms with van der Waals surface area (Å²) in [6.07, 6.45) is 1.07. The Morgan fingerprint density at radius 3 is 2.80 bits per heavy atom. The van der Waals surface area contributed by atoms with Crippen LogP contribution in [0, 0.1) is 6.92 Å². The van der Waals surface area contributed by atoms with Crippen molar-refractivity contribution in [3.63, 3.8) is 0 Å². The first-order chi connectivity index (χ1) is 9.48. The number of rotatable bonds is 3. The Bertz CT molecular complexity index is 487. The van der Waals surface area contributed by atoms with E-state index >= 15 is 0 Å². The van der Waals surface area contributed by atoms with E-state index in [4.69, 9.17) is 16.3 Å². The van der Waals surface area contributed by atoms with Crippen molar-refractivity contribution in [2.75, 3.05) is 25.1 Å². The van der Waals surface area contributed by atoms with Gasteiger partial charge in [0.05, 0.1) is 5.60 Å². The molecule has 0 spiro atoms. The molecule has 0 atom stereocenters. The predicted octanol–water partition coefficient (Wildman–Crippen LogP) is 2.31. The van der Waals surface area contributed by atoms with Crippen molar-refractivity contribution < 1.29 is 14.6 Å². The normalized spacial score (nSPS) is 17.6. The number of carbonyl (C=O) groups excluding carboxylic acids is 1. The first kappa shape index (κ1) is 15.1. The van der Waals surface area contributed by atoms with Gasteiger partial charge in [0.2, 0.25) is 0 Å². The van der Waals surface area contributed by atoms with E-state index in [1.165, 1.54) is 0 Å². The summed E-state index contributed by atoms with van der Waals surface area (Å²) in [7, 11) is 0. The number of aryl methyl sites for hydroxylation is 1. The van der Waals surface area contributed by atoms with Crippen LogP contribution in [0.5, 0.6) is 0 Å². The van der Waals surface area contributed by atoms with Crippen LogP contribution in [-0.4, -0.2) is 36.5 Å². The van der Waals surface area contributed by atoms with E-state index in [0.29, 0.717) is 36.8 Å². The molecule has 1 aromatic carbocycles. The van der Waals surface area contributed by atoms with Crippen molar-refractivity contribution in [2.45, 2.75) is 25.4 Å². The van der Waals surface area contributed by atoms with Crippen molar-refractivity contribution in [3.8, 4) is 0 Å². The van der Waals surface area contributed by atoms with Crippen molar-refractivity contribution in [2.24, 2.45) is 0 Å². The minimum Gasteiger partial charge on any atom is -0.388 e. The molecule has 0 aromatic heterocycles. The summed E-state index contributed by atoms with van der Waals surface area (Å²) in [4.78, 5) is 11.8. The number of halogens is 1. The third-order valence-electron chi connectivity index (χ3n) is 3.44. The van der Waals surface area contributed by atoms with Gasteiger partial charge in [-0.05, 0) is 30.7 Å². The van der Waals surface area contributed by atoms with Crippen LogP contribution in [0.4, 0.5) is 10.5 Å². The fourth-order valence-electron chi connectivity index (χ4n) is 2.11. The molecule has 2 rings (SSSR count). The van der Waals surface area contributed by atoms with Crippen molar-refractivity contribution in [3.05, 3.63) is 28.8 Å². The number of amides is 2. The maximum absolute atomic E-state index is 11.8. The van der Waals surface area contributed by atoms with Gasteiger partial charge in [0.1, 0.15) is 0 Å². The lowest BCUT2D eigenvalue weighted by atomic mass is 9.94. The Hall–Kier alpha value is -1.30. The number of nitrogens with one attached hydrogen (secondary N) is 2. The average molecular weight is 299 g/mol. The van der Waals surface area contributed by atoms with Crippen LogP contribution in [-0.2, 0) is 4.74 Å². The van der Waals surface area contributed by atoms with Crippen LogP contribution < -0.4 is 10.6 Å². The number of anilines is 1. The molecule has 6 heteroatoms. The minimum atomic E-state index is -0.870. The van der Waals surface area contributed by atoms with Gasteiger partial charge in [0, 0.05) is 43.3 Å². The molecule has 3 N–H and O–H groups in total. The molecule has 5 nitrogen and oxygen atoms in total. The number of benzene rings is 1. The van der Waals surface area contributed by atoms with Gasteiger partial charge in [0.25, 0.3) is 0 Å². The second-order valence-corrected chi connectivity index (χ2v) is 5.54. The zero-order chi connectivity index (χ0) is 14.6. The highest BCUT2D eigenvalue weighted by Crippen LogP contribution is 2.21. The van der Waals surface area contributed by atoms with Crippen LogP contribution in [0.15, 0.2) is 18.2 Å². The Morgan fingerprint density at radius 1 is 1.45 bits per heavy atom. The monoisotopic (exact) mass is 298 g/mol. The number of urea groups is 1. The van der Waals surface area contributed by atoms with Gasteiger partial charge in [-0.3, -0.25) is 0 Å². The Kier molecular flexibility index (Phi) is 4.86. The zero-order valence-electron chi connectivity index (χ0n) is 11.4. The molecule has 0 saturated carbocycles. The molecule has 1 aromatic rings. The van der Waals surface area contributed by atoms with E-state index in [2.05, 4.69) is 10.6 Å². The molecule has 0 bridgehead atoms. The third kappa shape index (κ3) is 4.10. The van der Waals surface area contributed by atoms with Crippen molar-refractivity contribution in [1.82, 2.24) is 5.32 Å². The van der Waals surface area contributed by atoms with Crippen LogP contribution in [0.1, 0.15) is 18.4 Å². The van der Waals surface area contributed by atoms with Gasteiger partial charge in [-0.1, -0.05) is 11.6 Å². The lowest BCUT2D eigenvalue weighted by Gasteiger charge is -2.32. The van der Waals surface area contributed by atoms with Gasteiger partial charge in [-0.25, -0.2) is 4.79 Å². The molecular formula is C14H19ClN2O3. The Labute approximate surface area is 123 Å². The van der Waals surface area contributed by atoms with E-state index in [0.717, 1.165) is 5.56 Å². The first-order valence-corrected chi connectivity index (χ1v) is 6.97. The van der Waals surface area contributed by atoms with Gasteiger partial charge in [-0.15, -0.1) is 0 Å². The van der Waals surface area contributed by atoms with E-state index < -0.39 is 5.60 Å². The molecule has 0 radical (unpaired) electrons. The molecule has 1 heterocycles. The molecule has 1 aliphatic rings. The Balaban J connectivity index is 1.86. The second-order valence-electron chi connectivity index (χ2n) is 5.10. The summed E-state index contributed by atoms with van der Waals surface area (Å²) in [5.74, 6) is 0. The van der Waals surface area contributed by atoms with Gasteiger partial charge in [-0.2, -0.15) is 0 Å². The molecular weight excluding hydrogens is 280 g/mol. The van der Waals surface area contributed by atoms with Crippen LogP contribution in [0.25, 0.3) is 0 Å². The summed E-state index contributed by atoms with van der Waals surface area (Å²) in [6.45, 7) is 3.13. The van der Waals surface area contributed by atoms with Crippen LogP contribution >= 0.6 is 11.6 Å². The highest BCUT2D eigenvalue weighted by Gasteiger charge is 2.30. The Morgan fingerprint density at radius 2 is 2.15 bits per heavy atom. The van der Waals surface area contributed by atoms with Gasteiger partial charge in [0.15, 0.2) is 0 Å². The number of aliphatic hydroxyl groups is 1. The van der Waals surface area contributed by atoms with Crippen molar-refractivity contribution >= 4 is 23.3 Å². The summed E-state index contributed by atoms with van der Waals surface area (Å²) >= 11 is 5.86. The summed E-state index contributed by atoms with van der Waals surface area (Å²) < 4.78 is 5.19. The lowest BCUT2D eigenvalue weighted by Crippen LogP contribution is -2.47. The van der Waals surface area contributed by atoms with Gasteiger partial charge >= 0.3 is 6.03 Å². The molecule has 2 amide bonds. The number of carbonyl (C=O) groups is 1. The largest absolute Gasteiger partial charge is 0.388 e. The minimum absolute atomic E-state index is 0.217. The smallest absolute Gasteiger partial charge is 0.319 e. The van der Waals surface area contributed by atoms with Crippen LogP contribution in [0.3, 0.4) is 0 Å². The number of hydrogen-bond donors (Lipinski definition) is 3. The predicted molar refractivity (Wildman–Crippen MR) is 78.2 cm³/mol. The molecule has 1 fully saturated rings.